The first-order chi connectivity index (χ1) is 27.8. The second-order valence-corrected chi connectivity index (χ2v) is 19.3. The quantitative estimate of drug-likeness (QED) is 0.131. The minimum absolute atomic E-state index is 0.0628. The van der Waals surface area contributed by atoms with E-state index in [2.05, 4.69) is 19.9 Å². The summed E-state index contributed by atoms with van der Waals surface area (Å²) in [4.78, 5) is 23.9. The van der Waals surface area contributed by atoms with Crippen LogP contribution in [0, 0.1) is 17.6 Å². The molecular weight excluding hydrogens is 861 g/mol. The third-order valence-electron chi connectivity index (χ3n) is 10.7. The molecule has 4 atom stereocenters. The van der Waals surface area contributed by atoms with Crippen LogP contribution in [-0.2, 0) is 45.8 Å². The monoisotopic (exact) mass is 894 g/mol. The van der Waals surface area contributed by atoms with E-state index in [1.54, 1.807) is 18.3 Å². The summed E-state index contributed by atoms with van der Waals surface area (Å²) in [5.41, 5.74) is 2.78. The number of rotatable bonds is 10. The van der Waals surface area contributed by atoms with Crippen LogP contribution < -0.4 is 10.5 Å². The normalized spacial score (nSPS) is 18.4. The molecule has 60 heavy (non-hydrogen) atoms. The summed E-state index contributed by atoms with van der Waals surface area (Å²) < 4.78 is 135. The van der Waals surface area contributed by atoms with E-state index in [1.807, 2.05) is 20.8 Å². The number of halogens is 8. The molecule has 0 spiro atoms. The number of benzene rings is 2. The van der Waals surface area contributed by atoms with Crippen molar-refractivity contribution in [1.29, 1.82) is 0 Å². The van der Waals surface area contributed by atoms with E-state index in [9.17, 15) is 35.2 Å². The number of nitrogens with two attached hydrogens (primary N) is 1. The fourth-order valence-electron chi connectivity index (χ4n) is 8.17. The highest BCUT2D eigenvalue weighted by Gasteiger charge is 2.69. The Morgan fingerprint density at radius 2 is 1.73 bits per heavy atom. The lowest BCUT2D eigenvalue weighted by Gasteiger charge is -2.30. The molecule has 2 aliphatic rings. The molecule has 2 aromatic carbocycles. The largest absolute Gasteiger partial charge is 0.435 e. The first-order valence-electron chi connectivity index (χ1n) is 18.3. The Labute approximate surface area is 346 Å². The van der Waals surface area contributed by atoms with Crippen molar-refractivity contribution in [2.24, 2.45) is 18.7 Å². The fourth-order valence-corrected chi connectivity index (χ4v) is 9.85. The van der Waals surface area contributed by atoms with Crippen LogP contribution in [0.5, 0.6) is 0 Å². The number of aryl methyl sites for hydroxylation is 1. The van der Waals surface area contributed by atoms with Crippen molar-refractivity contribution in [3.63, 3.8) is 0 Å². The molecule has 1 amide bonds. The molecule has 0 radical (unpaired) electrons. The molecule has 4 aromatic heterocycles. The van der Waals surface area contributed by atoms with E-state index in [-0.39, 0.29) is 56.2 Å². The second kappa shape index (κ2) is 14.0. The molecule has 4 heterocycles. The molecule has 11 nitrogen and oxygen atoms in total. The first-order valence-corrected chi connectivity index (χ1v) is 21.4. The number of nitrogens with zero attached hydrogens (tertiary/aromatic N) is 6. The van der Waals surface area contributed by atoms with Crippen molar-refractivity contribution in [1.82, 2.24) is 29.5 Å². The maximum atomic E-state index is 16.2. The first kappa shape index (κ1) is 41.6. The number of nitrogens with one attached hydrogen (secondary N) is 1. The molecule has 0 aliphatic heterocycles. The van der Waals surface area contributed by atoms with Crippen LogP contribution in [0.25, 0.3) is 32.6 Å². The Balaban J connectivity index is 1.45. The average molecular weight is 895 g/mol. The highest BCUT2D eigenvalue weighted by Crippen LogP contribution is 2.69. The van der Waals surface area contributed by atoms with Gasteiger partial charge in [-0.25, -0.2) is 26.9 Å². The van der Waals surface area contributed by atoms with Crippen LogP contribution in [0.15, 0.2) is 48.7 Å². The Morgan fingerprint density at radius 1 is 1.07 bits per heavy atom. The second-order valence-electron chi connectivity index (χ2n) is 16.1. The number of carbonyl (C=O) groups excluding carboxylic acids is 1. The summed E-state index contributed by atoms with van der Waals surface area (Å²) in [6.07, 6.45) is -3.57. The third kappa shape index (κ3) is 7.18. The van der Waals surface area contributed by atoms with Gasteiger partial charge in [-0.2, -0.15) is 32.1 Å². The number of hydrogen-bond donors (Lipinski definition) is 2. The van der Waals surface area contributed by atoms with E-state index in [0.29, 0.717) is 20.6 Å². The molecule has 3 N–H and O–H groups in total. The maximum absolute atomic E-state index is 16.2. The molecule has 8 rings (SSSR count). The minimum atomic E-state index is -5.21. The van der Waals surface area contributed by atoms with Crippen LogP contribution in [0.1, 0.15) is 78.3 Å². The number of anilines is 1. The topological polar surface area (TPSA) is 151 Å². The molecule has 1 unspecified atom stereocenters. The number of sulfonamides is 1. The number of alkyl halides is 5. The lowest BCUT2D eigenvalue weighted by atomic mass is 9.84. The summed E-state index contributed by atoms with van der Waals surface area (Å²) in [7, 11) is -2.41. The molecular formula is C39H34ClF7N8O3S2. The molecule has 0 saturated heterocycles. The van der Waals surface area contributed by atoms with Gasteiger partial charge in [0.2, 0.25) is 15.9 Å². The van der Waals surface area contributed by atoms with Gasteiger partial charge in [0.15, 0.2) is 11.5 Å². The van der Waals surface area contributed by atoms with Gasteiger partial charge < -0.3 is 5.73 Å². The highest BCUT2D eigenvalue weighted by atomic mass is 35.5. The SMILES string of the molecule is Cn1nc(NS(C)(=O)=O)c2c(Cl)ccc(-c3ccc(-c4cnc(C(C)(C)C)s4)nc3[C@@H](Cc3cc(F)cc(F)c3)C(C(N)=O)n3nc(C(F)(F)F)c4c3C(F)(F)[C@@H]3C[C@H]43)c21. The van der Waals surface area contributed by atoms with E-state index in [4.69, 9.17) is 22.3 Å². The Bertz CT molecular complexity index is 2850. The van der Waals surface area contributed by atoms with Crippen LogP contribution in [0.2, 0.25) is 5.02 Å². The van der Waals surface area contributed by atoms with Crippen molar-refractivity contribution in [2.45, 2.75) is 69.0 Å². The zero-order valence-electron chi connectivity index (χ0n) is 32.2. The molecule has 1 fully saturated rings. The number of pyridine rings is 1. The number of aromatic nitrogens is 6. The van der Waals surface area contributed by atoms with Gasteiger partial charge >= 0.3 is 6.18 Å². The summed E-state index contributed by atoms with van der Waals surface area (Å²) in [6.45, 7) is 5.81. The number of carbonyl (C=O) groups is 1. The van der Waals surface area contributed by atoms with Crippen molar-refractivity contribution in [3.05, 3.63) is 98.5 Å². The number of hydrogen-bond acceptors (Lipinski definition) is 8. The van der Waals surface area contributed by atoms with Crippen molar-refractivity contribution in [2.75, 3.05) is 11.0 Å². The summed E-state index contributed by atoms with van der Waals surface area (Å²) >= 11 is 7.91. The van der Waals surface area contributed by atoms with Crippen LogP contribution >= 0.6 is 22.9 Å². The Morgan fingerprint density at radius 3 is 2.33 bits per heavy atom. The van der Waals surface area contributed by atoms with Crippen LogP contribution in [-0.4, -0.2) is 50.1 Å². The van der Waals surface area contributed by atoms with Gasteiger partial charge in [-0.05, 0) is 48.6 Å². The summed E-state index contributed by atoms with van der Waals surface area (Å²) in [6, 6.07) is 6.39. The van der Waals surface area contributed by atoms with Gasteiger partial charge in [0.1, 0.15) is 23.4 Å². The lowest BCUT2D eigenvalue weighted by molar-refractivity contribution is -0.142. The Hall–Kier alpha value is -5.08. The van der Waals surface area contributed by atoms with Gasteiger partial charge in [-0.3, -0.25) is 19.2 Å². The van der Waals surface area contributed by atoms with E-state index in [0.717, 1.165) is 18.4 Å². The van der Waals surface area contributed by atoms with Gasteiger partial charge in [0.05, 0.1) is 43.5 Å². The summed E-state index contributed by atoms with van der Waals surface area (Å²) in [5.74, 6) is -11.8. The molecule has 6 aromatic rings. The predicted molar refractivity (Wildman–Crippen MR) is 210 cm³/mol. The standard InChI is InChI=1S/C39H34ClF7N8O3S2/c1-37(2,3)36-49-15-26(59-36)25-9-7-19(20-6-8-24(40)28-30(20)54(4)52-35(28)53-60(5,57)58)29(50-25)22(12-16-10-17(41)13-18(42)11-16)31(34(48)56)55-33-27(32(51-55)39(45,46)47)21-14-23(21)38(33,43)44/h6-11,13,15,21-23,31H,12,14H2,1-5H3,(H2,48,56)(H,52,53)/t21-,22+,23+,31?/m0/s1. The van der Waals surface area contributed by atoms with Crippen LogP contribution in [0.3, 0.4) is 0 Å². The zero-order valence-corrected chi connectivity index (χ0v) is 34.6. The highest BCUT2D eigenvalue weighted by molar-refractivity contribution is 7.92. The number of primary amides is 1. The van der Waals surface area contributed by atoms with E-state index < -0.39 is 92.2 Å². The zero-order chi connectivity index (χ0) is 43.6. The van der Waals surface area contributed by atoms with E-state index in [1.165, 1.54) is 35.2 Å². The average Bonchev–Trinajstić information content (AvgIpc) is 3.37. The molecule has 0 bridgehead atoms. The number of fused-ring (bicyclic) bond motifs is 4. The molecule has 2 aliphatic carbocycles. The third-order valence-corrected chi connectivity index (χ3v) is 13.0. The van der Waals surface area contributed by atoms with Gasteiger partial charge in [0.25, 0.3) is 5.92 Å². The minimum Gasteiger partial charge on any atom is -0.368 e. The van der Waals surface area contributed by atoms with Crippen LogP contribution in [0.4, 0.5) is 36.6 Å². The Kier molecular flexibility index (Phi) is 9.71. The maximum Gasteiger partial charge on any atom is 0.435 e. The molecule has 1 saturated carbocycles. The number of amides is 1. The number of thiazole rings is 1. The predicted octanol–water partition coefficient (Wildman–Crippen LogP) is 8.84. The van der Waals surface area contributed by atoms with Crippen molar-refractivity contribution < 1.29 is 43.9 Å². The summed E-state index contributed by atoms with van der Waals surface area (Å²) in [5, 5.41) is 8.91. The van der Waals surface area contributed by atoms with Gasteiger partial charge in [0, 0.05) is 53.3 Å². The molecule has 21 heteroatoms. The van der Waals surface area contributed by atoms with Gasteiger partial charge in [-0.15, -0.1) is 11.3 Å². The van der Waals surface area contributed by atoms with Crippen molar-refractivity contribution in [3.8, 4) is 21.7 Å². The smallest absolute Gasteiger partial charge is 0.368 e. The fraction of sp³-hybridized carbons (Fsp3) is 0.359. The lowest BCUT2D eigenvalue weighted by Crippen LogP contribution is -2.37. The molecule has 316 valence electrons. The van der Waals surface area contributed by atoms with Crippen molar-refractivity contribution >= 4 is 55.6 Å². The van der Waals surface area contributed by atoms with Gasteiger partial charge in [-0.1, -0.05) is 44.5 Å². The van der Waals surface area contributed by atoms with E-state index >= 15 is 8.78 Å².